The third-order valence-corrected chi connectivity index (χ3v) is 2.54. The number of aromatic nitrogens is 1. The van der Waals surface area contributed by atoms with Crippen LogP contribution in [0.5, 0.6) is 0 Å². The Kier molecular flexibility index (Phi) is 3.91. The highest BCUT2D eigenvalue weighted by molar-refractivity contribution is 9.11. The third kappa shape index (κ3) is 2.40. The fourth-order valence-electron chi connectivity index (χ4n) is 0.751. The quantitative estimate of drug-likeness (QED) is 0.909. The molecule has 4 heteroatoms. The minimum absolute atomic E-state index is 0.0429. The Bertz CT molecular complexity index is 279. The van der Waals surface area contributed by atoms with Gasteiger partial charge in [0.15, 0.2) is 0 Å². The zero-order valence-electron chi connectivity index (χ0n) is 6.17. The van der Waals surface area contributed by atoms with Gasteiger partial charge < -0.3 is 5.11 Å². The SMILES string of the molecule is OC/C=C/c1c(Br)cncc1Br. The first kappa shape index (κ1) is 9.89. The van der Waals surface area contributed by atoms with Gasteiger partial charge in [-0.25, -0.2) is 0 Å². The molecule has 1 heterocycles. The van der Waals surface area contributed by atoms with Gasteiger partial charge in [-0.2, -0.15) is 0 Å². The first-order valence-corrected chi connectivity index (χ1v) is 4.90. The second kappa shape index (κ2) is 4.74. The molecule has 0 atom stereocenters. The van der Waals surface area contributed by atoms with Crippen LogP contribution in [0, 0.1) is 0 Å². The van der Waals surface area contributed by atoms with Gasteiger partial charge in [0.2, 0.25) is 0 Å². The van der Waals surface area contributed by atoms with E-state index in [-0.39, 0.29) is 6.61 Å². The Hall–Kier alpha value is -0.190. The topological polar surface area (TPSA) is 33.1 Å². The summed E-state index contributed by atoms with van der Waals surface area (Å²) in [4.78, 5) is 3.96. The molecule has 1 rings (SSSR count). The van der Waals surface area contributed by atoms with E-state index in [0.29, 0.717) is 0 Å². The van der Waals surface area contributed by atoms with Crippen LogP contribution in [0.1, 0.15) is 5.56 Å². The zero-order chi connectivity index (χ0) is 8.97. The number of pyridine rings is 1. The molecule has 12 heavy (non-hydrogen) atoms. The first-order valence-electron chi connectivity index (χ1n) is 3.32. The molecule has 1 aromatic heterocycles. The van der Waals surface area contributed by atoms with Crippen LogP contribution in [0.3, 0.4) is 0 Å². The summed E-state index contributed by atoms with van der Waals surface area (Å²) in [5.41, 5.74) is 0.985. The largest absolute Gasteiger partial charge is 0.392 e. The van der Waals surface area contributed by atoms with Crippen molar-refractivity contribution in [2.75, 3.05) is 6.61 Å². The van der Waals surface area contributed by atoms with E-state index in [0.717, 1.165) is 14.5 Å². The highest BCUT2D eigenvalue weighted by atomic mass is 79.9. The van der Waals surface area contributed by atoms with Crippen molar-refractivity contribution in [2.24, 2.45) is 0 Å². The Balaban J connectivity index is 3.04. The number of halogens is 2. The van der Waals surface area contributed by atoms with Crippen molar-refractivity contribution in [1.82, 2.24) is 4.98 Å². The molecule has 0 spiro atoms. The van der Waals surface area contributed by atoms with Gasteiger partial charge in [0.1, 0.15) is 0 Å². The molecule has 0 radical (unpaired) electrons. The second-order valence-electron chi connectivity index (χ2n) is 2.10. The normalized spacial score (nSPS) is 10.9. The van der Waals surface area contributed by atoms with Gasteiger partial charge in [-0.1, -0.05) is 12.2 Å². The molecule has 0 saturated carbocycles. The van der Waals surface area contributed by atoms with Gasteiger partial charge in [0.25, 0.3) is 0 Å². The smallest absolute Gasteiger partial charge is 0.0615 e. The Morgan fingerprint density at radius 3 is 2.42 bits per heavy atom. The van der Waals surface area contributed by atoms with E-state index in [9.17, 15) is 0 Å². The van der Waals surface area contributed by atoms with Crippen molar-refractivity contribution < 1.29 is 5.11 Å². The lowest BCUT2D eigenvalue weighted by Gasteiger charge is -1.99. The molecule has 1 aromatic rings. The van der Waals surface area contributed by atoms with Crippen molar-refractivity contribution in [1.29, 1.82) is 0 Å². The van der Waals surface area contributed by atoms with E-state index in [2.05, 4.69) is 36.8 Å². The average Bonchev–Trinajstić information content (AvgIpc) is 2.04. The van der Waals surface area contributed by atoms with Gasteiger partial charge in [0, 0.05) is 26.9 Å². The minimum Gasteiger partial charge on any atom is -0.392 e. The average molecular weight is 293 g/mol. The number of aliphatic hydroxyl groups is 1. The summed E-state index contributed by atoms with van der Waals surface area (Å²) in [6.07, 6.45) is 6.92. The summed E-state index contributed by atoms with van der Waals surface area (Å²) in [5.74, 6) is 0. The van der Waals surface area contributed by atoms with E-state index in [1.54, 1.807) is 18.5 Å². The first-order chi connectivity index (χ1) is 5.75. The van der Waals surface area contributed by atoms with Crippen LogP contribution in [-0.2, 0) is 0 Å². The zero-order valence-corrected chi connectivity index (χ0v) is 9.34. The highest BCUT2D eigenvalue weighted by Gasteiger charge is 1.99. The molecule has 0 aliphatic rings. The number of aliphatic hydroxyl groups excluding tert-OH is 1. The van der Waals surface area contributed by atoms with Gasteiger partial charge >= 0.3 is 0 Å². The predicted octanol–water partition coefficient (Wildman–Crippen LogP) is 2.61. The van der Waals surface area contributed by atoms with Crippen LogP contribution in [-0.4, -0.2) is 16.7 Å². The van der Waals surface area contributed by atoms with Crippen molar-refractivity contribution >= 4 is 37.9 Å². The molecule has 0 aliphatic heterocycles. The van der Waals surface area contributed by atoms with Crippen LogP contribution in [0.25, 0.3) is 6.08 Å². The lowest BCUT2D eigenvalue weighted by molar-refractivity contribution is 0.343. The summed E-state index contributed by atoms with van der Waals surface area (Å²) >= 11 is 6.70. The molecule has 0 fully saturated rings. The molecule has 0 bridgehead atoms. The second-order valence-corrected chi connectivity index (χ2v) is 3.81. The van der Waals surface area contributed by atoms with E-state index in [4.69, 9.17) is 5.11 Å². The maximum Gasteiger partial charge on any atom is 0.0615 e. The van der Waals surface area contributed by atoms with Gasteiger partial charge in [0.05, 0.1) is 6.61 Å². The molecule has 1 N–H and O–H groups in total. The van der Waals surface area contributed by atoms with Gasteiger partial charge in [-0.15, -0.1) is 0 Å². The lowest BCUT2D eigenvalue weighted by Crippen LogP contribution is -1.82. The molecule has 0 aliphatic carbocycles. The third-order valence-electron chi connectivity index (χ3n) is 1.28. The van der Waals surface area contributed by atoms with Crippen LogP contribution >= 0.6 is 31.9 Å². The standard InChI is InChI=1S/C8H7Br2NO/c9-7-4-11-5-8(10)6(7)2-1-3-12/h1-2,4-5,12H,3H2/b2-1+. The van der Waals surface area contributed by atoms with Crippen LogP contribution in [0.15, 0.2) is 27.4 Å². The molecule has 2 nitrogen and oxygen atoms in total. The molecular formula is C8H7Br2NO. The van der Waals surface area contributed by atoms with Crippen molar-refractivity contribution in [3.63, 3.8) is 0 Å². The van der Waals surface area contributed by atoms with Gasteiger partial charge in [-0.05, 0) is 31.9 Å². The Morgan fingerprint density at radius 2 is 1.92 bits per heavy atom. The maximum absolute atomic E-state index is 8.58. The fraction of sp³-hybridized carbons (Fsp3) is 0.125. The molecule has 0 aromatic carbocycles. The molecule has 0 saturated heterocycles. The molecular weight excluding hydrogens is 286 g/mol. The van der Waals surface area contributed by atoms with Crippen molar-refractivity contribution in [3.8, 4) is 0 Å². The number of hydrogen-bond acceptors (Lipinski definition) is 2. The predicted molar refractivity (Wildman–Crippen MR) is 55.8 cm³/mol. The molecule has 64 valence electrons. The number of nitrogens with zero attached hydrogens (tertiary/aromatic N) is 1. The highest BCUT2D eigenvalue weighted by Crippen LogP contribution is 2.24. The minimum atomic E-state index is 0.0429. The monoisotopic (exact) mass is 291 g/mol. The summed E-state index contributed by atoms with van der Waals surface area (Å²) in [7, 11) is 0. The molecule has 0 unspecified atom stereocenters. The number of rotatable bonds is 2. The number of hydrogen-bond donors (Lipinski definition) is 1. The van der Waals surface area contributed by atoms with Crippen LogP contribution in [0.4, 0.5) is 0 Å². The summed E-state index contributed by atoms with van der Waals surface area (Å²) in [6, 6.07) is 0. The van der Waals surface area contributed by atoms with E-state index in [1.807, 2.05) is 6.08 Å². The summed E-state index contributed by atoms with van der Waals surface area (Å²) in [5, 5.41) is 8.58. The van der Waals surface area contributed by atoms with Crippen LogP contribution < -0.4 is 0 Å². The fourth-order valence-corrected chi connectivity index (χ4v) is 1.95. The van der Waals surface area contributed by atoms with E-state index < -0.39 is 0 Å². The van der Waals surface area contributed by atoms with E-state index >= 15 is 0 Å². The molecule has 0 amide bonds. The lowest BCUT2D eigenvalue weighted by atomic mass is 10.2. The van der Waals surface area contributed by atoms with Crippen LogP contribution in [0.2, 0.25) is 0 Å². The maximum atomic E-state index is 8.58. The van der Waals surface area contributed by atoms with Crippen molar-refractivity contribution in [3.05, 3.63) is 33.0 Å². The van der Waals surface area contributed by atoms with Crippen molar-refractivity contribution in [2.45, 2.75) is 0 Å². The Morgan fingerprint density at radius 1 is 1.33 bits per heavy atom. The van der Waals surface area contributed by atoms with Gasteiger partial charge in [-0.3, -0.25) is 4.98 Å². The Labute approximate surface area is 87.6 Å². The summed E-state index contributed by atoms with van der Waals surface area (Å²) < 4.78 is 1.81. The summed E-state index contributed by atoms with van der Waals surface area (Å²) in [6.45, 7) is 0.0429. The van der Waals surface area contributed by atoms with E-state index in [1.165, 1.54) is 0 Å².